The van der Waals surface area contributed by atoms with E-state index in [0.717, 1.165) is 16.6 Å². The molecule has 0 spiro atoms. The molecule has 0 fully saturated rings. The summed E-state index contributed by atoms with van der Waals surface area (Å²) >= 11 is 0. The molecule has 0 bridgehead atoms. The van der Waals surface area contributed by atoms with Gasteiger partial charge in [-0.3, -0.25) is 0 Å². The quantitative estimate of drug-likeness (QED) is 0.168. The van der Waals surface area contributed by atoms with Crippen molar-refractivity contribution in [2.45, 2.75) is 52.4 Å². The van der Waals surface area contributed by atoms with Gasteiger partial charge in [0.05, 0.1) is 0 Å². The minimum atomic E-state index is -0.0469. The number of benzene rings is 7. The van der Waals surface area contributed by atoms with Crippen LogP contribution in [0.15, 0.2) is 144 Å². The smallest absolute Gasteiger partial charge is 0.333 e. The van der Waals surface area contributed by atoms with E-state index < -0.39 is 0 Å². The summed E-state index contributed by atoms with van der Waals surface area (Å²) in [6, 6.07) is 52.0. The molecule has 0 amide bonds. The predicted octanol–water partition coefficient (Wildman–Crippen LogP) is 12.4. The lowest BCUT2D eigenvalue weighted by Crippen LogP contribution is -2.56. The summed E-state index contributed by atoms with van der Waals surface area (Å²) < 4.78 is 9.49. The van der Waals surface area contributed by atoms with E-state index in [1.54, 1.807) is 0 Å². The summed E-state index contributed by atoms with van der Waals surface area (Å²) in [5, 5.41) is 4.93. The Kier molecular flexibility index (Phi) is 6.30. The molecule has 0 saturated heterocycles. The zero-order valence-corrected chi connectivity index (χ0v) is 31.7. The van der Waals surface area contributed by atoms with Crippen LogP contribution in [0.5, 0.6) is 0 Å². The number of hydrogen-bond acceptors (Lipinski definition) is 2. The van der Waals surface area contributed by atoms with Crippen LogP contribution in [0.2, 0.25) is 0 Å². The summed E-state index contributed by atoms with van der Waals surface area (Å²) in [6.07, 6.45) is 0. The highest BCUT2D eigenvalue weighted by molar-refractivity contribution is 6.90. The van der Waals surface area contributed by atoms with Gasteiger partial charge in [0.1, 0.15) is 11.2 Å². The summed E-state index contributed by atoms with van der Waals surface area (Å²) in [6.45, 7) is 13.9. The maximum absolute atomic E-state index is 6.85. The molecule has 7 aromatic carbocycles. The van der Waals surface area contributed by atoms with E-state index in [2.05, 4.69) is 190 Å². The fourth-order valence-electron chi connectivity index (χ4n) is 9.37. The van der Waals surface area contributed by atoms with E-state index >= 15 is 0 Å². The second-order valence-electron chi connectivity index (χ2n) is 17.4. The average Bonchev–Trinajstić information content (AvgIpc) is 3.71. The normalized spacial score (nSPS) is 13.7. The Bertz CT molecular complexity index is 2990. The molecule has 9 aromatic rings. The van der Waals surface area contributed by atoms with Gasteiger partial charge in [-0.05, 0) is 79.9 Å². The fourth-order valence-corrected chi connectivity index (χ4v) is 9.37. The minimum absolute atomic E-state index is 0.0419. The lowest BCUT2D eigenvalue weighted by atomic mass is 9.44. The highest BCUT2D eigenvalue weighted by atomic mass is 16.3. The molecule has 2 aromatic heterocycles. The summed E-state index contributed by atoms with van der Waals surface area (Å²) in [5.41, 5.74) is 18.1. The van der Waals surface area contributed by atoms with Gasteiger partial charge in [-0.15, -0.1) is 0 Å². The molecule has 2 aliphatic rings. The van der Waals surface area contributed by atoms with Gasteiger partial charge >= 0.3 is 6.85 Å². The lowest BCUT2D eigenvalue weighted by Gasteiger charge is -2.41. The summed E-state index contributed by atoms with van der Waals surface area (Å²) in [4.78, 5) is 2.56. The molecule has 2 aliphatic heterocycles. The third-order valence-electron chi connectivity index (χ3n) is 12.0. The van der Waals surface area contributed by atoms with Crippen LogP contribution in [-0.2, 0) is 10.8 Å². The highest BCUT2D eigenvalue weighted by Gasteiger charge is 2.44. The molecule has 0 radical (unpaired) electrons. The second-order valence-corrected chi connectivity index (χ2v) is 17.4. The molecule has 11 rings (SSSR count). The number of furan rings is 1. The molecule has 3 nitrogen and oxygen atoms in total. The van der Waals surface area contributed by atoms with Crippen LogP contribution in [-0.4, -0.2) is 11.3 Å². The van der Waals surface area contributed by atoms with E-state index in [1.807, 2.05) is 0 Å². The molecule has 0 N–H and O–H groups in total. The van der Waals surface area contributed by atoms with Crippen molar-refractivity contribution in [3.05, 3.63) is 151 Å². The minimum Gasteiger partial charge on any atom is -0.456 e. The van der Waals surface area contributed by atoms with Crippen molar-refractivity contribution in [1.82, 2.24) is 4.48 Å². The van der Waals surface area contributed by atoms with Crippen molar-refractivity contribution in [3.63, 3.8) is 0 Å². The highest BCUT2D eigenvalue weighted by Crippen LogP contribution is 2.50. The van der Waals surface area contributed by atoms with Gasteiger partial charge in [-0.1, -0.05) is 145 Å². The third-order valence-corrected chi connectivity index (χ3v) is 12.0. The second kappa shape index (κ2) is 10.8. The monoisotopic (exact) mass is 696 g/mol. The average molecular weight is 697 g/mol. The van der Waals surface area contributed by atoms with Gasteiger partial charge in [-0.2, -0.15) is 0 Å². The maximum Gasteiger partial charge on any atom is 0.333 e. The third kappa shape index (κ3) is 4.31. The molecule has 0 aliphatic carbocycles. The van der Waals surface area contributed by atoms with E-state index in [1.165, 1.54) is 88.6 Å². The van der Waals surface area contributed by atoms with Crippen LogP contribution in [0.1, 0.15) is 52.7 Å². The van der Waals surface area contributed by atoms with Gasteiger partial charge in [-0.25, -0.2) is 0 Å². The molecule has 4 heterocycles. The molecule has 0 unspecified atom stereocenters. The Hall–Kier alpha value is -6.00. The van der Waals surface area contributed by atoms with Crippen LogP contribution >= 0.6 is 0 Å². The first-order chi connectivity index (χ1) is 26.1. The zero-order valence-electron chi connectivity index (χ0n) is 31.7. The molecule has 0 saturated carbocycles. The molecule has 54 heavy (non-hydrogen) atoms. The van der Waals surface area contributed by atoms with Gasteiger partial charge in [0.2, 0.25) is 0 Å². The molecular formula is C50H41BN2O. The van der Waals surface area contributed by atoms with Crippen LogP contribution < -0.4 is 15.8 Å². The van der Waals surface area contributed by atoms with E-state index in [0.29, 0.717) is 0 Å². The topological polar surface area (TPSA) is 21.3 Å². The Labute approximate surface area is 316 Å². The van der Waals surface area contributed by atoms with Crippen LogP contribution in [0.4, 0.5) is 17.1 Å². The zero-order chi connectivity index (χ0) is 36.7. The van der Waals surface area contributed by atoms with Gasteiger partial charge in [0.25, 0.3) is 0 Å². The van der Waals surface area contributed by atoms with Crippen molar-refractivity contribution in [3.8, 4) is 22.3 Å². The van der Waals surface area contributed by atoms with E-state index in [4.69, 9.17) is 4.42 Å². The number of rotatable bonds is 2. The summed E-state index contributed by atoms with van der Waals surface area (Å²) in [5.74, 6) is 0. The standard InChI is InChI=1S/C50H41BN2O/c1-49(2,3)32-26-33(50(4,5)6)28-34(27-32)52-41-25-31(30-15-8-7-9-16-30)23-24-39(41)51-47-42(52)29-44-45(37-18-11-13-22-43(37)54-44)46(47)38-20-14-19-36-35-17-10-12-21-40(35)53(51)48(36)38/h7-29H,1-6H3. The fraction of sp³-hybridized carbons (Fsp3) is 0.160. The number of anilines is 3. The van der Waals surface area contributed by atoms with Crippen LogP contribution in [0.25, 0.3) is 66.0 Å². The SMILES string of the molecule is CC(C)(C)c1cc(N2c3cc(-c4ccccc4)ccc3B3c4c2cc2oc5ccccc5c2c4-c2cccc4c5ccccc5n3c24)cc(C(C)(C)C)c1. The van der Waals surface area contributed by atoms with Crippen LogP contribution in [0.3, 0.4) is 0 Å². The van der Waals surface area contributed by atoms with Gasteiger partial charge in [0, 0.05) is 61.3 Å². The number of aromatic nitrogens is 1. The maximum atomic E-state index is 6.85. The number of para-hydroxylation sites is 3. The predicted molar refractivity (Wildman–Crippen MR) is 230 cm³/mol. The largest absolute Gasteiger partial charge is 0.456 e. The number of hydrogen-bond donors (Lipinski definition) is 0. The first kappa shape index (κ1) is 31.5. The van der Waals surface area contributed by atoms with E-state index in [-0.39, 0.29) is 17.7 Å². The molecule has 4 heteroatoms. The molecule has 0 atom stereocenters. The Morgan fingerprint density at radius 3 is 1.98 bits per heavy atom. The van der Waals surface area contributed by atoms with Crippen molar-refractivity contribution in [2.75, 3.05) is 4.90 Å². The van der Waals surface area contributed by atoms with Gasteiger partial charge in [0.15, 0.2) is 0 Å². The van der Waals surface area contributed by atoms with Crippen molar-refractivity contribution >= 4 is 78.6 Å². The number of fused-ring (bicyclic) bond motifs is 11. The van der Waals surface area contributed by atoms with Crippen molar-refractivity contribution in [1.29, 1.82) is 0 Å². The first-order valence-electron chi connectivity index (χ1n) is 19.2. The molecular weight excluding hydrogens is 655 g/mol. The van der Waals surface area contributed by atoms with Crippen LogP contribution in [0, 0.1) is 0 Å². The lowest BCUT2D eigenvalue weighted by molar-refractivity contribution is 0.569. The Balaban J connectivity index is 1.35. The van der Waals surface area contributed by atoms with E-state index in [9.17, 15) is 0 Å². The van der Waals surface area contributed by atoms with Crippen molar-refractivity contribution in [2.24, 2.45) is 0 Å². The Morgan fingerprint density at radius 1 is 0.537 bits per heavy atom. The summed E-state index contributed by atoms with van der Waals surface area (Å²) in [7, 11) is 0. The first-order valence-corrected chi connectivity index (χ1v) is 19.2. The molecule has 260 valence electrons. The Morgan fingerprint density at radius 2 is 1.22 bits per heavy atom. The van der Waals surface area contributed by atoms with Crippen molar-refractivity contribution < 1.29 is 4.42 Å². The van der Waals surface area contributed by atoms with Gasteiger partial charge < -0.3 is 13.8 Å². The number of nitrogens with zero attached hydrogens (tertiary/aromatic N) is 2.